The summed E-state index contributed by atoms with van der Waals surface area (Å²) in [6.45, 7) is 0.205. The van der Waals surface area contributed by atoms with Crippen molar-refractivity contribution < 1.29 is 23.1 Å². The molecule has 82 valence electrons. The second-order valence-corrected chi connectivity index (χ2v) is 3.11. The summed E-state index contributed by atoms with van der Waals surface area (Å²) in [7, 11) is 0. The van der Waals surface area contributed by atoms with E-state index in [-0.39, 0.29) is 6.61 Å². The van der Waals surface area contributed by atoms with Gasteiger partial charge in [0.2, 0.25) is 0 Å². The van der Waals surface area contributed by atoms with Crippen LogP contribution >= 0.6 is 0 Å². The number of amides is 1. The molecule has 0 saturated carbocycles. The highest BCUT2D eigenvalue weighted by atomic mass is 19.4. The summed E-state index contributed by atoms with van der Waals surface area (Å²) in [6, 6.07) is -1.13. The van der Waals surface area contributed by atoms with Gasteiger partial charge in [0.05, 0.1) is 12.6 Å². The lowest BCUT2D eigenvalue weighted by molar-refractivity contribution is -0.174. The molecular weight excluding hydrogens is 201 g/mol. The Labute approximate surface area is 78.5 Å². The third-order valence-electron chi connectivity index (χ3n) is 2.12. The molecule has 14 heavy (non-hydrogen) atoms. The number of nitrogens with one attached hydrogen (secondary N) is 2. The molecule has 4 nitrogen and oxygen atoms in total. The van der Waals surface area contributed by atoms with Gasteiger partial charge in [-0.15, -0.1) is 0 Å². The van der Waals surface area contributed by atoms with E-state index in [1.165, 1.54) is 0 Å². The molecule has 1 amide bonds. The van der Waals surface area contributed by atoms with Crippen LogP contribution in [0.25, 0.3) is 0 Å². The number of carbonyl (C=O) groups excluding carboxylic acids is 1. The maximum absolute atomic E-state index is 11.8. The van der Waals surface area contributed by atoms with Gasteiger partial charge in [-0.1, -0.05) is 0 Å². The van der Waals surface area contributed by atoms with Gasteiger partial charge in [-0.3, -0.25) is 4.79 Å². The number of rotatable bonds is 2. The van der Waals surface area contributed by atoms with Crippen molar-refractivity contribution in [2.75, 3.05) is 13.2 Å². The van der Waals surface area contributed by atoms with Crippen LogP contribution in [0.2, 0.25) is 0 Å². The fourth-order valence-corrected chi connectivity index (χ4v) is 1.38. The van der Waals surface area contributed by atoms with Gasteiger partial charge < -0.3 is 15.7 Å². The van der Waals surface area contributed by atoms with E-state index in [9.17, 15) is 18.0 Å². The Morgan fingerprint density at radius 3 is 2.71 bits per heavy atom. The summed E-state index contributed by atoms with van der Waals surface area (Å²) in [5, 5.41) is 13.4. The molecule has 0 unspecified atom stereocenters. The second kappa shape index (κ2) is 4.14. The van der Waals surface area contributed by atoms with E-state index in [2.05, 4.69) is 5.32 Å². The predicted octanol–water partition coefficient (Wildman–Crippen LogP) is -0.612. The van der Waals surface area contributed by atoms with Crippen molar-refractivity contribution >= 4 is 5.91 Å². The van der Waals surface area contributed by atoms with E-state index in [4.69, 9.17) is 5.11 Å². The maximum atomic E-state index is 11.8. The van der Waals surface area contributed by atoms with Crippen LogP contribution in [-0.2, 0) is 4.79 Å². The van der Waals surface area contributed by atoms with Gasteiger partial charge in [0, 0.05) is 6.04 Å². The number of hydrogen-bond acceptors (Lipinski definition) is 3. The zero-order valence-electron chi connectivity index (χ0n) is 7.27. The minimum Gasteiger partial charge on any atom is -0.395 e. The third kappa shape index (κ3) is 2.58. The Morgan fingerprint density at radius 2 is 2.21 bits per heavy atom. The molecule has 7 heteroatoms. The summed E-state index contributed by atoms with van der Waals surface area (Å²) in [6.07, 6.45) is -4.46. The lowest BCUT2D eigenvalue weighted by atomic mass is 10.1. The first-order chi connectivity index (χ1) is 6.45. The van der Waals surface area contributed by atoms with Crippen LogP contribution in [0.15, 0.2) is 0 Å². The first kappa shape index (κ1) is 11.3. The largest absolute Gasteiger partial charge is 0.471 e. The Balaban J connectivity index is 2.48. The molecule has 0 aromatic rings. The number of alkyl halides is 3. The van der Waals surface area contributed by atoms with E-state index in [1.54, 1.807) is 0 Å². The molecular formula is C7H11F3N2O2. The molecule has 1 aliphatic rings. The Kier molecular flexibility index (Phi) is 3.33. The minimum absolute atomic E-state index is 0.289. The van der Waals surface area contributed by atoms with Crippen LogP contribution in [0.5, 0.6) is 0 Å². The molecule has 1 rings (SSSR count). The zero-order chi connectivity index (χ0) is 10.8. The average Bonchev–Trinajstić information content (AvgIpc) is 2.50. The van der Waals surface area contributed by atoms with Gasteiger partial charge >= 0.3 is 12.1 Å². The number of carbonyl (C=O) groups is 1. The van der Waals surface area contributed by atoms with E-state index in [0.717, 1.165) is 0 Å². The van der Waals surface area contributed by atoms with Crippen LogP contribution < -0.4 is 10.6 Å². The normalized spacial score (nSPS) is 27.7. The van der Waals surface area contributed by atoms with Crippen molar-refractivity contribution in [3.8, 4) is 0 Å². The van der Waals surface area contributed by atoms with Crippen molar-refractivity contribution in [3.63, 3.8) is 0 Å². The molecule has 1 heterocycles. The molecule has 2 atom stereocenters. The molecule has 0 spiro atoms. The highest BCUT2D eigenvalue weighted by Crippen LogP contribution is 2.16. The molecule has 3 N–H and O–H groups in total. The molecule has 1 saturated heterocycles. The van der Waals surface area contributed by atoms with Gasteiger partial charge in [0.15, 0.2) is 0 Å². The smallest absolute Gasteiger partial charge is 0.395 e. The molecule has 0 radical (unpaired) electrons. The summed E-state index contributed by atoms with van der Waals surface area (Å²) < 4.78 is 35.5. The van der Waals surface area contributed by atoms with Crippen molar-refractivity contribution in [1.82, 2.24) is 10.6 Å². The quantitative estimate of drug-likeness (QED) is 0.572. The first-order valence-corrected chi connectivity index (χ1v) is 4.17. The van der Waals surface area contributed by atoms with Crippen LogP contribution in [0.1, 0.15) is 6.42 Å². The lowest BCUT2D eigenvalue weighted by Gasteiger charge is -2.19. The van der Waals surface area contributed by atoms with E-state index in [1.807, 2.05) is 5.32 Å². The number of aliphatic hydroxyl groups is 1. The van der Waals surface area contributed by atoms with Crippen LogP contribution in [0.3, 0.4) is 0 Å². The zero-order valence-corrected chi connectivity index (χ0v) is 7.27. The van der Waals surface area contributed by atoms with E-state index >= 15 is 0 Å². The third-order valence-corrected chi connectivity index (χ3v) is 2.12. The van der Waals surface area contributed by atoms with Gasteiger partial charge in [-0.25, -0.2) is 0 Å². The van der Waals surface area contributed by atoms with Crippen LogP contribution in [0.4, 0.5) is 13.2 Å². The van der Waals surface area contributed by atoms with Gasteiger partial charge in [0.1, 0.15) is 0 Å². The van der Waals surface area contributed by atoms with E-state index < -0.39 is 24.2 Å². The number of aliphatic hydroxyl groups excluding tert-OH is 1. The highest BCUT2D eigenvalue weighted by Gasteiger charge is 2.41. The molecule has 0 bridgehead atoms. The number of halogens is 3. The summed E-state index contributed by atoms with van der Waals surface area (Å²) in [5.74, 6) is -1.95. The SMILES string of the molecule is O=C(N[C@@H]1CCN[C@H]1CO)C(F)(F)F. The monoisotopic (exact) mass is 212 g/mol. The second-order valence-electron chi connectivity index (χ2n) is 3.11. The minimum atomic E-state index is -4.86. The Morgan fingerprint density at radius 1 is 1.57 bits per heavy atom. The lowest BCUT2D eigenvalue weighted by Crippen LogP contribution is -2.49. The first-order valence-electron chi connectivity index (χ1n) is 4.17. The highest BCUT2D eigenvalue weighted by molar-refractivity contribution is 5.82. The van der Waals surface area contributed by atoms with Crippen molar-refractivity contribution in [1.29, 1.82) is 0 Å². The van der Waals surface area contributed by atoms with E-state index in [0.29, 0.717) is 13.0 Å². The summed E-state index contributed by atoms with van der Waals surface area (Å²) >= 11 is 0. The van der Waals surface area contributed by atoms with Gasteiger partial charge in [0.25, 0.3) is 0 Å². The Bertz CT molecular complexity index is 219. The molecule has 1 aliphatic heterocycles. The van der Waals surface area contributed by atoms with Crippen molar-refractivity contribution in [2.45, 2.75) is 24.7 Å². The molecule has 1 fully saturated rings. The van der Waals surface area contributed by atoms with Crippen molar-refractivity contribution in [2.24, 2.45) is 0 Å². The predicted molar refractivity (Wildman–Crippen MR) is 41.5 cm³/mol. The number of hydrogen-bond donors (Lipinski definition) is 3. The van der Waals surface area contributed by atoms with Crippen LogP contribution in [-0.4, -0.2) is 42.4 Å². The molecule has 0 aliphatic carbocycles. The van der Waals surface area contributed by atoms with Gasteiger partial charge in [-0.05, 0) is 13.0 Å². The Hall–Kier alpha value is -0.820. The summed E-state index contributed by atoms with van der Waals surface area (Å²) in [5.41, 5.74) is 0. The molecule has 0 aromatic heterocycles. The van der Waals surface area contributed by atoms with Gasteiger partial charge in [-0.2, -0.15) is 13.2 Å². The standard InChI is InChI=1S/C7H11F3N2O2/c8-7(9,10)6(14)12-4-1-2-11-5(4)3-13/h4-5,11,13H,1-3H2,(H,12,14)/t4-,5+/m1/s1. The fourth-order valence-electron chi connectivity index (χ4n) is 1.38. The average molecular weight is 212 g/mol. The maximum Gasteiger partial charge on any atom is 0.471 e. The van der Waals surface area contributed by atoms with Crippen molar-refractivity contribution in [3.05, 3.63) is 0 Å². The molecule has 0 aromatic carbocycles. The summed E-state index contributed by atoms with van der Waals surface area (Å²) in [4.78, 5) is 10.5. The van der Waals surface area contributed by atoms with Crippen LogP contribution in [0, 0.1) is 0 Å². The topological polar surface area (TPSA) is 61.4 Å². The fraction of sp³-hybridized carbons (Fsp3) is 0.857.